The molecular formula is C19H18N4O3. The van der Waals surface area contributed by atoms with Crippen molar-refractivity contribution >= 4 is 23.1 Å². The quantitative estimate of drug-likeness (QED) is 0.675. The molecule has 3 aromatic rings. The molecule has 3 heterocycles. The maximum absolute atomic E-state index is 12.8. The van der Waals surface area contributed by atoms with E-state index in [0.29, 0.717) is 43.1 Å². The van der Waals surface area contributed by atoms with E-state index in [1.54, 1.807) is 29.4 Å². The normalized spacial score (nSPS) is 14.6. The van der Waals surface area contributed by atoms with E-state index in [1.807, 2.05) is 23.9 Å². The Kier molecular flexibility index (Phi) is 4.22. The van der Waals surface area contributed by atoms with Crippen molar-refractivity contribution in [2.45, 2.75) is 0 Å². The third-order valence-corrected chi connectivity index (χ3v) is 4.48. The van der Waals surface area contributed by atoms with E-state index >= 15 is 0 Å². The number of imidazole rings is 1. The predicted octanol–water partition coefficient (Wildman–Crippen LogP) is 1.92. The fourth-order valence-corrected chi connectivity index (χ4v) is 3.15. The number of fused-ring (bicyclic) bond motifs is 1. The molecule has 1 amide bonds. The lowest BCUT2D eigenvalue weighted by atomic mass is 10.0. The molecule has 4 rings (SSSR count). The fourth-order valence-electron chi connectivity index (χ4n) is 3.15. The molecule has 0 radical (unpaired) electrons. The number of aldehydes is 1. The van der Waals surface area contributed by atoms with Crippen LogP contribution < -0.4 is 0 Å². The third kappa shape index (κ3) is 2.97. The van der Waals surface area contributed by atoms with Gasteiger partial charge in [-0.1, -0.05) is 0 Å². The Bertz CT molecular complexity index is 990. The molecular weight excluding hydrogens is 332 g/mol. The second-order valence-electron chi connectivity index (χ2n) is 6.27. The Morgan fingerprint density at radius 3 is 2.73 bits per heavy atom. The molecule has 0 aliphatic carbocycles. The van der Waals surface area contributed by atoms with Gasteiger partial charge in [0.2, 0.25) is 0 Å². The van der Waals surface area contributed by atoms with E-state index in [9.17, 15) is 9.59 Å². The minimum Gasteiger partial charge on any atom is -0.378 e. The van der Waals surface area contributed by atoms with Gasteiger partial charge >= 0.3 is 0 Å². The van der Waals surface area contributed by atoms with Crippen molar-refractivity contribution in [1.82, 2.24) is 19.4 Å². The number of ether oxygens (including phenoxy) is 1. The van der Waals surface area contributed by atoms with Gasteiger partial charge in [-0.25, -0.2) is 9.97 Å². The Balaban J connectivity index is 1.83. The number of hydrogen-bond acceptors (Lipinski definition) is 5. The lowest BCUT2D eigenvalue weighted by Crippen LogP contribution is -2.40. The van der Waals surface area contributed by atoms with Crippen molar-refractivity contribution in [3.8, 4) is 11.3 Å². The van der Waals surface area contributed by atoms with Crippen molar-refractivity contribution in [1.29, 1.82) is 0 Å². The molecule has 7 heteroatoms. The van der Waals surface area contributed by atoms with E-state index < -0.39 is 0 Å². The van der Waals surface area contributed by atoms with Crippen molar-refractivity contribution in [2.24, 2.45) is 7.05 Å². The Morgan fingerprint density at radius 2 is 2.04 bits per heavy atom. The molecule has 0 bridgehead atoms. The Hall–Kier alpha value is -3.06. The molecule has 1 aliphatic rings. The van der Waals surface area contributed by atoms with Crippen LogP contribution in [0.15, 0.2) is 36.8 Å². The molecule has 132 valence electrons. The van der Waals surface area contributed by atoms with E-state index in [-0.39, 0.29) is 5.91 Å². The van der Waals surface area contributed by atoms with Gasteiger partial charge in [0.05, 0.1) is 30.8 Å². The minimum atomic E-state index is -0.0263. The summed E-state index contributed by atoms with van der Waals surface area (Å²) in [5.41, 5.74) is 3.12. The lowest BCUT2D eigenvalue weighted by molar-refractivity contribution is 0.0303. The van der Waals surface area contributed by atoms with Crippen LogP contribution in [0.2, 0.25) is 0 Å². The summed E-state index contributed by atoms with van der Waals surface area (Å²) < 4.78 is 7.15. The molecule has 0 saturated carbocycles. The largest absolute Gasteiger partial charge is 0.378 e. The molecule has 7 nitrogen and oxygen atoms in total. The second-order valence-corrected chi connectivity index (χ2v) is 6.27. The van der Waals surface area contributed by atoms with Crippen LogP contribution >= 0.6 is 0 Å². The second kappa shape index (κ2) is 6.68. The van der Waals surface area contributed by atoms with E-state index in [0.717, 1.165) is 22.9 Å². The molecule has 0 N–H and O–H groups in total. The van der Waals surface area contributed by atoms with Crippen molar-refractivity contribution in [2.75, 3.05) is 26.3 Å². The van der Waals surface area contributed by atoms with Gasteiger partial charge in [-0.3, -0.25) is 9.59 Å². The van der Waals surface area contributed by atoms with Crippen LogP contribution in [0.5, 0.6) is 0 Å². The van der Waals surface area contributed by atoms with E-state index in [1.165, 1.54) is 0 Å². The first-order chi connectivity index (χ1) is 12.7. The van der Waals surface area contributed by atoms with Gasteiger partial charge in [-0.15, -0.1) is 0 Å². The summed E-state index contributed by atoms with van der Waals surface area (Å²) in [6.07, 6.45) is 4.30. The summed E-state index contributed by atoms with van der Waals surface area (Å²) in [6, 6.07) is 7.08. The van der Waals surface area contributed by atoms with Gasteiger partial charge in [0.1, 0.15) is 5.69 Å². The number of pyridine rings is 1. The zero-order valence-corrected chi connectivity index (χ0v) is 14.4. The van der Waals surface area contributed by atoms with Crippen LogP contribution in [0.1, 0.15) is 20.8 Å². The standard InChI is InChI=1S/C19H18N4O3/c1-22-10-18(20-12-22)16-9-14(11-24)21-17-3-2-13(8-15(16)17)19(25)23-4-6-26-7-5-23/h2-3,8-12H,4-7H2,1H3. The summed E-state index contributed by atoms with van der Waals surface area (Å²) in [5, 5.41) is 0.799. The van der Waals surface area contributed by atoms with Crippen LogP contribution in [0.3, 0.4) is 0 Å². The number of nitrogens with zero attached hydrogens (tertiary/aromatic N) is 4. The van der Waals surface area contributed by atoms with Crippen molar-refractivity contribution in [3.63, 3.8) is 0 Å². The number of morpholine rings is 1. The van der Waals surface area contributed by atoms with Crippen LogP contribution in [-0.4, -0.2) is 57.9 Å². The van der Waals surface area contributed by atoms with Crippen molar-refractivity contribution in [3.05, 3.63) is 48.0 Å². The molecule has 2 aromatic heterocycles. The number of hydrogen-bond donors (Lipinski definition) is 0. The van der Waals surface area contributed by atoms with Gasteiger partial charge in [0.15, 0.2) is 6.29 Å². The molecule has 1 fully saturated rings. The van der Waals surface area contributed by atoms with Crippen LogP contribution in [0.25, 0.3) is 22.2 Å². The SMILES string of the molecule is Cn1cnc(-c2cc(C=O)nc3ccc(C(=O)N4CCOCC4)cc23)c1. The summed E-state index contributed by atoms with van der Waals surface area (Å²) in [4.78, 5) is 34.6. The molecule has 0 spiro atoms. The third-order valence-electron chi connectivity index (χ3n) is 4.48. The van der Waals surface area contributed by atoms with Crippen molar-refractivity contribution < 1.29 is 14.3 Å². The number of benzene rings is 1. The Morgan fingerprint density at radius 1 is 1.23 bits per heavy atom. The highest BCUT2D eigenvalue weighted by Crippen LogP contribution is 2.28. The van der Waals surface area contributed by atoms with Gasteiger partial charge in [-0.05, 0) is 24.3 Å². The van der Waals surface area contributed by atoms with Crippen LogP contribution in [0, 0.1) is 0 Å². The summed E-state index contributed by atoms with van der Waals surface area (Å²) in [5.74, 6) is -0.0263. The number of carbonyl (C=O) groups excluding carboxylic acids is 2. The Labute approximate surface area is 150 Å². The highest BCUT2D eigenvalue weighted by molar-refractivity contribution is 6.02. The number of rotatable bonds is 3. The van der Waals surface area contributed by atoms with Gasteiger partial charge in [0, 0.05) is 42.8 Å². The van der Waals surface area contributed by atoms with E-state index in [2.05, 4.69) is 9.97 Å². The van der Waals surface area contributed by atoms with Gasteiger partial charge in [-0.2, -0.15) is 0 Å². The average molecular weight is 350 g/mol. The summed E-state index contributed by atoms with van der Waals surface area (Å²) in [6.45, 7) is 2.30. The first-order valence-corrected chi connectivity index (χ1v) is 8.41. The number of amides is 1. The smallest absolute Gasteiger partial charge is 0.254 e. The summed E-state index contributed by atoms with van der Waals surface area (Å²) in [7, 11) is 1.88. The van der Waals surface area contributed by atoms with Crippen LogP contribution in [-0.2, 0) is 11.8 Å². The zero-order chi connectivity index (χ0) is 18.1. The fraction of sp³-hybridized carbons (Fsp3) is 0.263. The number of carbonyl (C=O) groups is 2. The molecule has 26 heavy (non-hydrogen) atoms. The molecule has 1 aliphatic heterocycles. The maximum Gasteiger partial charge on any atom is 0.254 e. The van der Waals surface area contributed by atoms with E-state index in [4.69, 9.17) is 4.74 Å². The van der Waals surface area contributed by atoms with Gasteiger partial charge < -0.3 is 14.2 Å². The average Bonchev–Trinajstić information content (AvgIpc) is 3.13. The summed E-state index contributed by atoms with van der Waals surface area (Å²) >= 11 is 0. The molecule has 0 unspecified atom stereocenters. The highest BCUT2D eigenvalue weighted by atomic mass is 16.5. The van der Waals surface area contributed by atoms with Gasteiger partial charge in [0.25, 0.3) is 5.91 Å². The molecule has 0 atom stereocenters. The topological polar surface area (TPSA) is 77.3 Å². The first kappa shape index (κ1) is 16.4. The number of aromatic nitrogens is 3. The van der Waals surface area contributed by atoms with Crippen LogP contribution in [0.4, 0.5) is 0 Å². The zero-order valence-electron chi connectivity index (χ0n) is 14.4. The minimum absolute atomic E-state index is 0.0263. The predicted molar refractivity (Wildman–Crippen MR) is 96.1 cm³/mol. The first-order valence-electron chi connectivity index (χ1n) is 8.41. The molecule has 1 aromatic carbocycles. The lowest BCUT2D eigenvalue weighted by Gasteiger charge is -2.27. The monoisotopic (exact) mass is 350 g/mol. The maximum atomic E-state index is 12.8. The molecule has 1 saturated heterocycles. The highest BCUT2D eigenvalue weighted by Gasteiger charge is 2.20. The number of aryl methyl sites for hydroxylation is 1.